The molecule has 2 aromatic carbocycles. The van der Waals surface area contributed by atoms with Crippen molar-refractivity contribution in [2.75, 3.05) is 85.6 Å². The number of benzene rings is 2. The lowest BCUT2D eigenvalue weighted by molar-refractivity contribution is -1.09. The zero-order valence-corrected chi connectivity index (χ0v) is 23.3. The van der Waals surface area contributed by atoms with Gasteiger partial charge in [-0.05, 0) is 17.9 Å². The fourth-order valence-electron chi connectivity index (χ4n) is 7.79. The van der Waals surface area contributed by atoms with Crippen molar-refractivity contribution in [1.82, 2.24) is 0 Å². The summed E-state index contributed by atoms with van der Waals surface area (Å²) in [5.41, 5.74) is 6.15. The maximum absolute atomic E-state index is 2.47. The van der Waals surface area contributed by atoms with Gasteiger partial charge in [-0.15, -0.1) is 0 Å². The van der Waals surface area contributed by atoms with E-state index in [0.717, 1.165) is 0 Å². The van der Waals surface area contributed by atoms with Crippen molar-refractivity contribution in [3.05, 3.63) is 70.8 Å². The van der Waals surface area contributed by atoms with Crippen LogP contribution in [0.2, 0.25) is 0 Å². The summed E-state index contributed by atoms with van der Waals surface area (Å²) in [6, 6.07) is 19.5. The normalized spacial score (nSPS) is 36.2. The number of hydrogen-bond donors (Lipinski definition) is 0. The highest BCUT2D eigenvalue weighted by Crippen LogP contribution is 2.32. The van der Waals surface area contributed by atoms with Crippen LogP contribution in [0.4, 0.5) is 0 Å². The van der Waals surface area contributed by atoms with Crippen LogP contribution in [0.25, 0.3) is 0 Å². The minimum atomic E-state index is 0.673. The fraction of sp³-hybridized carbons (Fsp3) is 0.625. The Morgan fingerprint density at radius 1 is 0.528 bits per heavy atom. The van der Waals surface area contributed by atoms with E-state index in [4.69, 9.17) is 0 Å². The minimum Gasteiger partial charge on any atom is -0.312 e. The van der Waals surface area contributed by atoms with Gasteiger partial charge in [0.05, 0.1) is 7.05 Å². The van der Waals surface area contributed by atoms with E-state index < -0.39 is 0 Å². The molecule has 6 fully saturated rings. The average Bonchev–Trinajstić information content (AvgIpc) is 2.92. The van der Waals surface area contributed by atoms with Crippen molar-refractivity contribution in [3.8, 4) is 0 Å². The summed E-state index contributed by atoms with van der Waals surface area (Å²) < 4.78 is 5.30. The molecule has 0 N–H and O–H groups in total. The second-order valence-corrected chi connectivity index (χ2v) is 13.7. The van der Waals surface area contributed by atoms with Crippen molar-refractivity contribution in [2.45, 2.75) is 45.8 Å². The van der Waals surface area contributed by atoms with E-state index in [-0.39, 0.29) is 0 Å². The van der Waals surface area contributed by atoms with Crippen LogP contribution in [-0.2, 0) is 19.6 Å². The molecule has 0 aliphatic carbocycles. The fourth-order valence-corrected chi connectivity index (χ4v) is 7.79. The summed E-state index contributed by atoms with van der Waals surface area (Å²) in [5, 5.41) is 0. The Bertz CT molecular complexity index is 1010. The summed E-state index contributed by atoms with van der Waals surface area (Å²) in [5.74, 6) is 0.673. The van der Waals surface area contributed by atoms with Gasteiger partial charge in [-0.3, -0.25) is 0 Å². The van der Waals surface area contributed by atoms with Gasteiger partial charge in [0, 0.05) is 16.7 Å². The van der Waals surface area contributed by atoms with E-state index in [9.17, 15) is 0 Å². The number of nitrogens with zero attached hydrogens (tertiary/aromatic N) is 4. The standard InChI is InChI=1S/C32H50N4/c1-4-28(2)32-11-9-31(10-12-32)27-36-22-19-35(20-23-36,21-24-36)26-30-7-5-29(6-8-30)25-34-16-13-33(3,14-17-34)15-18-34/h5-12,28H,4,13-27H2,1-3H3/q+4. The number of quaternary nitrogens is 4. The van der Waals surface area contributed by atoms with Gasteiger partial charge < -0.3 is 17.9 Å². The molecule has 6 heterocycles. The Kier molecular flexibility index (Phi) is 6.31. The first-order valence-corrected chi connectivity index (χ1v) is 14.9. The molecular formula is C32H50N4+4. The van der Waals surface area contributed by atoms with E-state index in [0.29, 0.717) is 5.92 Å². The van der Waals surface area contributed by atoms with Crippen LogP contribution < -0.4 is 0 Å². The molecule has 0 saturated carbocycles. The summed E-state index contributed by atoms with van der Waals surface area (Å²) in [7, 11) is 2.46. The first-order valence-electron chi connectivity index (χ1n) is 14.9. The number of fused-ring (bicyclic) bond motifs is 6. The maximum atomic E-state index is 2.47. The second-order valence-electron chi connectivity index (χ2n) is 13.7. The smallest absolute Gasteiger partial charge is 0.129 e. The van der Waals surface area contributed by atoms with Gasteiger partial charge in [0.1, 0.15) is 98.2 Å². The molecule has 6 aliphatic rings. The lowest BCUT2D eigenvalue weighted by Gasteiger charge is -2.55. The van der Waals surface area contributed by atoms with Gasteiger partial charge in [0.25, 0.3) is 0 Å². The summed E-state index contributed by atoms with van der Waals surface area (Å²) in [4.78, 5) is 0. The third-order valence-corrected chi connectivity index (χ3v) is 11.2. The van der Waals surface area contributed by atoms with Crippen molar-refractivity contribution >= 4 is 0 Å². The average molecular weight is 491 g/mol. The Morgan fingerprint density at radius 2 is 0.833 bits per heavy atom. The van der Waals surface area contributed by atoms with Gasteiger partial charge in [0.15, 0.2) is 0 Å². The highest BCUT2D eigenvalue weighted by Gasteiger charge is 2.49. The maximum Gasteiger partial charge on any atom is 0.129 e. The van der Waals surface area contributed by atoms with Crippen molar-refractivity contribution in [1.29, 1.82) is 0 Å². The first kappa shape index (κ1) is 24.6. The largest absolute Gasteiger partial charge is 0.312 e. The molecule has 6 aliphatic heterocycles. The zero-order chi connectivity index (χ0) is 24.9. The van der Waals surface area contributed by atoms with E-state index in [1.54, 1.807) is 11.1 Å². The zero-order valence-electron chi connectivity index (χ0n) is 23.3. The molecule has 1 unspecified atom stereocenters. The molecule has 2 aromatic rings. The highest BCUT2D eigenvalue weighted by atomic mass is 15.5. The van der Waals surface area contributed by atoms with Crippen molar-refractivity contribution < 1.29 is 17.9 Å². The Hall–Kier alpha value is -1.72. The molecule has 194 valence electrons. The molecule has 4 bridgehead atoms. The molecule has 0 amide bonds. The van der Waals surface area contributed by atoms with E-state index in [2.05, 4.69) is 69.4 Å². The molecule has 36 heavy (non-hydrogen) atoms. The van der Waals surface area contributed by atoms with Gasteiger partial charge >= 0.3 is 0 Å². The molecule has 4 heteroatoms. The van der Waals surface area contributed by atoms with Crippen LogP contribution in [0.1, 0.15) is 48.4 Å². The summed E-state index contributed by atoms with van der Waals surface area (Å²) >= 11 is 0. The number of hydrogen-bond acceptors (Lipinski definition) is 0. The molecule has 0 radical (unpaired) electrons. The van der Waals surface area contributed by atoms with Crippen molar-refractivity contribution in [3.63, 3.8) is 0 Å². The SMILES string of the molecule is CCC(C)c1ccc(C[N+]23CC[N+](Cc4ccc(C[N+]56CC[N+](C)(CC5)CC6)cc4)(CC2)CC3)cc1. The summed E-state index contributed by atoms with van der Waals surface area (Å²) in [6.07, 6.45) is 1.22. The van der Waals surface area contributed by atoms with Gasteiger partial charge in [0.2, 0.25) is 0 Å². The first-order chi connectivity index (χ1) is 17.3. The minimum absolute atomic E-state index is 0.673. The van der Waals surface area contributed by atoms with Crippen molar-refractivity contribution in [2.24, 2.45) is 0 Å². The number of likely N-dealkylation sites (N-methyl/N-ethyl adjacent to an activating group) is 1. The molecule has 6 saturated heterocycles. The third kappa shape index (κ3) is 4.78. The molecular weight excluding hydrogens is 440 g/mol. The van der Waals surface area contributed by atoms with Crippen LogP contribution in [0, 0.1) is 0 Å². The van der Waals surface area contributed by atoms with Crippen LogP contribution in [0.15, 0.2) is 48.5 Å². The van der Waals surface area contributed by atoms with Gasteiger partial charge in [-0.1, -0.05) is 62.4 Å². The number of piperazine rings is 6. The van der Waals surface area contributed by atoms with Gasteiger partial charge in [-0.25, -0.2) is 0 Å². The summed E-state index contributed by atoms with van der Waals surface area (Å²) in [6.45, 7) is 24.7. The van der Waals surface area contributed by atoms with E-state index in [1.165, 1.54) is 134 Å². The molecule has 8 rings (SSSR count). The third-order valence-electron chi connectivity index (χ3n) is 11.2. The van der Waals surface area contributed by atoms with E-state index >= 15 is 0 Å². The second kappa shape index (κ2) is 9.23. The lowest BCUT2D eigenvalue weighted by atomic mass is 9.97. The quantitative estimate of drug-likeness (QED) is 0.483. The number of rotatable bonds is 8. The van der Waals surface area contributed by atoms with Crippen LogP contribution in [-0.4, -0.2) is 104 Å². The van der Waals surface area contributed by atoms with Crippen LogP contribution >= 0.6 is 0 Å². The Labute approximate surface area is 220 Å². The monoisotopic (exact) mass is 490 g/mol. The molecule has 4 nitrogen and oxygen atoms in total. The van der Waals surface area contributed by atoms with Crippen LogP contribution in [0.3, 0.4) is 0 Å². The molecule has 0 aromatic heterocycles. The Balaban J connectivity index is 1.04. The van der Waals surface area contributed by atoms with E-state index in [1.807, 2.05) is 0 Å². The topological polar surface area (TPSA) is 0 Å². The predicted molar refractivity (Wildman–Crippen MR) is 148 cm³/mol. The predicted octanol–water partition coefficient (Wildman–Crippen LogP) is 4.35. The highest BCUT2D eigenvalue weighted by molar-refractivity contribution is 5.25. The lowest BCUT2D eigenvalue weighted by Crippen LogP contribution is -2.74. The molecule has 1 atom stereocenters. The Morgan fingerprint density at radius 3 is 1.17 bits per heavy atom. The van der Waals surface area contributed by atoms with Crippen LogP contribution in [0.5, 0.6) is 0 Å². The van der Waals surface area contributed by atoms with Gasteiger partial charge in [-0.2, -0.15) is 0 Å². The molecule has 0 spiro atoms.